The first kappa shape index (κ1) is 19.6. The summed E-state index contributed by atoms with van der Waals surface area (Å²) in [5, 5.41) is 11.7. The SMILES string of the molecule is CC1CCCCC12NC(=O)N(CC(=O)N1CCCC(CCC(=O)O)C1)C2=O. The first-order valence-corrected chi connectivity index (χ1v) is 9.97. The van der Waals surface area contributed by atoms with Crippen LogP contribution in [0.15, 0.2) is 0 Å². The van der Waals surface area contributed by atoms with Gasteiger partial charge in [0.1, 0.15) is 12.1 Å². The Morgan fingerprint density at radius 2 is 2.00 bits per heavy atom. The number of carboxylic acid groups (broad SMARTS) is 1. The van der Waals surface area contributed by atoms with Gasteiger partial charge in [0.25, 0.3) is 5.91 Å². The number of amides is 4. The number of urea groups is 1. The summed E-state index contributed by atoms with van der Waals surface area (Å²) in [5.74, 6) is -1.11. The highest BCUT2D eigenvalue weighted by Gasteiger charge is 2.55. The highest BCUT2D eigenvalue weighted by molar-refractivity contribution is 6.09. The third-order valence-corrected chi connectivity index (χ3v) is 6.43. The van der Waals surface area contributed by atoms with Gasteiger partial charge in [0, 0.05) is 19.5 Å². The number of imide groups is 1. The minimum atomic E-state index is -0.846. The largest absolute Gasteiger partial charge is 0.481 e. The molecule has 2 N–H and O–H groups in total. The Balaban J connectivity index is 1.61. The van der Waals surface area contributed by atoms with Gasteiger partial charge in [0.2, 0.25) is 5.91 Å². The highest BCUT2D eigenvalue weighted by Crippen LogP contribution is 2.38. The molecule has 0 bridgehead atoms. The Labute approximate surface area is 159 Å². The van der Waals surface area contributed by atoms with Crippen LogP contribution < -0.4 is 5.32 Å². The normalized spacial score (nSPS) is 31.3. The van der Waals surface area contributed by atoms with Gasteiger partial charge in [-0.1, -0.05) is 19.8 Å². The van der Waals surface area contributed by atoms with Gasteiger partial charge in [-0.15, -0.1) is 0 Å². The minimum Gasteiger partial charge on any atom is -0.481 e. The number of aliphatic carboxylic acids is 1. The first-order valence-electron chi connectivity index (χ1n) is 9.97. The maximum atomic E-state index is 13.0. The van der Waals surface area contributed by atoms with Crippen LogP contribution in [0.1, 0.15) is 58.3 Å². The van der Waals surface area contributed by atoms with Gasteiger partial charge in [-0.3, -0.25) is 19.3 Å². The molecule has 3 fully saturated rings. The monoisotopic (exact) mass is 379 g/mol. The summed E-state index contributed by atoms with van der Waals surface area (Å²) in [7, 11) is 0. The molecule has 1 spiro atoms. The zero-order valence-corrected chi connectivity index (χ0v) is 15.9. The summed E-state index contributed by atoms with van der Waals surface area (Å²) in [6.45, 7) is 2.84. The third-order valence-electron chi connectivity index (χ3n) is 6.43. The molecule has 3 unspecified atom stereocenters. The second-order valence-electron chi connectivity index (χ2n) is 8.22. The fourth-order valence-corrected chi connectivity index (χ4v) is 4.73. The van der Waals surface area contributed by atoms with Gasteiger partial charge in [-0.05, 0) is 43.9 Å². The van der Waals surface area contributed by atoms with E-state index in [-0.39, 0.29) is 36.6 Å². The average Bonchev–Trinajstić information content (AvgIpc) is 2.87. The summed E-state index contributed by atoms with van der Waals surface area (Å²) in [4.78, 5) is 51.6. The van der Waals surface area contributed by atoms with Crippen molar-refractivity contribution < 1.29 is 24.3 Å². The molecule has 27 heavy (non-hydrogen) atoms. The van der Waals surface area contributed by atoms with Crippen LogP contribution in [0.5, 0.6) is 0 Å². The topological polar surface area (TPSA) is 107 Å². The molecule has 4 amide bonds. The predicted octanol–water partition coefficient (Wildman–Crippen LogP) is 1.59. The quantitative estimate of drug-likeness (QED) is 0.706. The number of hydrogen-bond acceptors (Lipinski definition) is 4. The van der Waals surface area contributed by atoms with Crippen LogP contribution in [0.4, 0.5) is 4.79 Å². The first-order chi connectivity index (χ1) is 12.8. The van der Waals surface area contributed by atoms with Crippen molar-refractivity contribution in [3.8, 4) is 0 Å². The number of carbonyl (C=O) groups is 4. The van der Waals surface area contributed by atoms with Crippen LogP contribution in [-0.2, 0) is 14.4 Å². The summed E-state index contributed by atoms with van der Waals surface area (Å²) in [6.07, 6.45) is 5.84. The molecule has 2 saturated heterocycles. The van der Waals surface area contributed by atoms with Gasteiger partial charge in [0.05, 0.1) is 0 Å². The lowest BCUT2D eigenvalue weighted by atomic mass is 9.73. The second kappa shape index (κ2) is 7.86. The summed E-state index contributed by atoms with van der Waals surface area (Å²) >= 11 is 0. The molecule has 150 valence electrons. The molecule has 0 aromatic rings. The van der Waals surface area contributed by atoms with Crippen LogP contribution in [0.2, 0.25) is 0 Å². The van der Waals surface area contributed by atoms with Gasteiger partial charge in [-0.2, -0.15) is 0 Å². The predicted molar refractivity (Wildman–Crippen MR) is 96.8 cm³/mol. The molecule has 3 rings (SSSR count). The van der Waals surface area contributed by atoms with Crippen LogP contribution in [-0.4, -0.2) is 63.9 Å². The van der Waals surface area contributed by atoms with Crippen LogP contribution in [0.25, 0.3) is 0 Å². The van der Waals surface area contributed by atoms with E-state index in [0.717, 1.165) is 37.0 Å². The summed E-state index contributed by atoms with van der Waals surface area (Å²) < 4.78 is 0. The molecular formula is C19H29N3O5. The molecule has 1 saturated carbocycles. The molecule has 0 aromatic heterocycles. The average molecular weight is 379 g/mol. The Bertz CT molecular complexity index is 637. The molecule has 3 aliphatic rings. The maximum absolute atomic E-state index is 13.0. The number of piperidine rings is 1. The van der Waals surface area contributed by atoms with Crippen molar-refractivity contribution in [2.45, 2.75) is 63.8 Å². The van der Waals surface area contributed by atoms with E-state index in [1.54, 1.807) is 4.90 Å². The summed E-state index contributed by atoms with van der Waals surface area (Å²) in [5.41, 5.74) is -0.846. The number of nitrogens with one attached hydrogen (secondary N) is 1. The minimum absolute atomic E-state index is 0.0678. The van der Waals surface area contributed by atoms with Gasteiger partial charge in [0.15, 0.2) is 0 Å². The van der Waals surface area contributed by atoms with Crippen molar-refractivity contribution in [1.82, 2.24) is 15.1 Å². The fraction of sp³-hybridized carbons (Fsp3) is 0.789. The van der Waals surface area contributed by atoms with E-state index in [1.165, 1.54) is 0 Å². The van der Waals surface area contributed by atoms with E-state index < -0.39 is 17.5 Å². The van der Waals surface area contributed by atoms with E-state index in [4.69, 9.17) is 5.11 Å². The Morgan fingerprint density at radius 3 is 2.70 bits per heavy atom. The lowest BCUT2D eigenvalue weighted by Crippen LogP contribution is -2.54. The standard InChI is InChI=1S/C19H29N3O5/c1-13-5-2-3-9-19(13)17(26)22(18(27)20-19)12-15(23)21-10-4-6-14(11-21)7-8-16(24)25/h13-14H,2-12H2,1H3,(H,20,27)(H,24,25). The van der Waals surface area contributed by atoms with Gasteiger partial charge in [-0.25, -0.2) is 4.79 Å². The Hall–Kier alpha value is -2.12. The van der Waals surface area contributed by atoms with Crippen molar-refractivity contribution in [2.75, 3.05) is 19.6 Å². The van der Waals surface area contributed by atoms with Crippen molar-refractivity contribution >= 4 is 23.8 Å². The highest BCUT2D eigenvalue weighted by atomic mass is 16.4. The van der Waals surface area contributed by atoms with Crippen molar-refractivity contribution in [3.05, 3.63) is 0 Å². The van der Waals surface area contributed by atoms with Crippen LogP contribution in [0.3, 0.4) is 0 Å². The van der Waals surface area contributed by atoms with Crippen molar-refractivity contribution in [1.29, 1.82) is 0 Å². The Morgan fingerprint density at radius 1 is 1.22 bits per heavy atom. The number of likely N-dealkylation sites (tertiary alicyclic amines) is 1. The van der Waals surface area contributed by atoms with E-state index in [0.29, 0.717) is 25.9 Å². The van der Waals surface area contributed by atoms with E-state index in [9.17, 15) is 19.2 Å². The van der Waals surface area contributed by atoms with E-state index >= 15 is 0 Å². The molecule has 2 aliphatic heterocycles. The zero-order chi connectivity index (χ0) is 19.6. The Kier molecular flexibility index (Phi) is 5.72. The van der Waals surface area contributed by atoms with Crippen molar-refractivity contribution in [3.63, 3.8) is 0 Å². The van der Waals surface area contributed by atoms with Gasteiger partial charge < -0.3 is 15.3 Å². The number of carbonyl (C=O) groups excluding carboxylic acids is 3. The lowest BCUT2D eigenvalue weighted by Gasteiger charge is -2.37. The molecule has 8 heteroatoms. The third kappa shape index (κ3) is 3.94. The van der Waals surface area contributed by atoms with Crippen molar-refractivity contribution in [2.24, 2.45) is 11.8 Å². The number of carboxylic acids is 1. The molecule has 2 heterocycles. The van der Waals surface area contributed by atoms with E-state index in [1.807, 2.05) is 6.92 Å². The molecule has 0 radical (unpaired) electrons. The number of hydrogen-bond donors (Lipinski definition) is 2. The fourth-order valence-electron chi connectivity index (χ4n) is 4.73. The molecule has 8 nitrogen and oxygen atoms in total. The van der Waals surface area contributed by atoms with Gasteiger partial charge >= 0.3 is 12.0 Å². The second-order valence-corrected chi connectivity index (χ2v) is 8.22. The molecule has 0 aromatic carbocycles. The zero-order valence-electron chi connectivity index (χ0n) is 15.9. The number of rotatable bonds is 5. The molecule has 3 atom stereocenters. The van der Waals surface area contributed by atoms with Crippen LogP contribution in [0, 0.1) is 11.8 Å². The lowest BCUT2D eigenvalue weighted by molar-refractivity contribution is -0.141. The summed E-state index contributed by atoms with van der Waals surface area (Å²) in [6, 6.07) is -0.471. The smallest absolute Gasteiger partial charge is 0.325 e. The molecule has 1 aliphatic carbocycles. The van der Waals surface area contributed by atoms with E-state index in [2.05, 4.69) is 5.32 Å². The number of nitrogens with zero attached hydrogens (tertiary/aromatic N) is 2. The van der Waals surface area contributed by atoms with Crippen LogP contribution >= 0.6 is 0 Å². The molecular weight excluding hydrogens is 350 g/mol. The maximum Gasteiger partial charge on any atom is 0.325 e.